The van der Waals surface area contributed by atoms with E-state index in [9.17, 15) is 4.79 Å². The summed E-state index contributed by atoms with van der Waals surface area (Å²) in [4.78, 5) is 21.1. The van der Waals surface area contributed by atoms with Gasteiger partial charge >= 0.3 is 0 Å². The van der Waals surface area contributed by atoms with E-state index >= 15 is 0 Å². The highest BCUT2D eigenvalue weighted by Crippen LogP contribution is 2.19. The summed E-state index contributed by atoms with van der Waals surface area (Å²) in [6, 6.07) is 12.0. The summed E-state index contributed by atoms with van der Waals surface area (Å²) in [7, 11) is 0. The maximum absolute atomic E-state index is 12.4. The van der Waals surface area contributed by atoms with Crippen molar-refractivity contribution in [3.8, 4) is 0 Å². The summed E-state index contributed by atoms with van der Waals surface area (Å²) >= 11 is 0. The Balaban J connectivity index is 1.41. The van der Waals surface area contributed by atoms with Crippen LogP contribution in [0.2, 0.25) is 0 Å². The number of aromatic nitrogens is 2. The lowest BCUT2D eigenvalue weighted by Crippen LogP contribution is -2.48. The van der Waals surface area contributed by atoms with Crippen LogP contribution >= 0.6 is 0 Å². The van der Waals surface area contributed by atoms with Gasteiger partial charge in [-0.05, 0) is 18.6 Å². The molecular weight excluding hydrogens is 316 g/mol. The van der Waals surface area contributed by atoms with Crippen molar-refractivity contribution in [1.29, 1.82) is 0 Å². The molecule has 1 aliphatic heterocycles. The van der Waals surface area contributed by atoms with Crippen LogP contribution in [0.3, 0.4) is 0 Å². The fraction of sp³-hybridized carbons (Fsp3) is 0.316. The van der Waals surface area contributed by atoms with Gasteiger partial charge in [-0.3, -0.25) is 14.7 Å². The van der Waals surface area contributed by atoms with Crippen LogP contribution < -0.4 is 0 Å². The molecular formula is C19H20N4O2. The van der Waals surface area contributed by atoms with Crippen molar-refractivity contribution >= 4 is 16.8 Å². The van der Waals surface area contributed by atoms with Crippen molar-refractivity contribution in [3.05, 3.63) is 59.6 Å². The van der Waals surface area contributed by atoms with Gasteiger partial charge in [0.2, 0.25) is 5.76 Å². The second-order valence-corrected chi connectivity index (χ2v) is 6.39. The molecule has 0 radical (unpaired) electrons. The summed E-state index contributed by atoms with van der Waals surface area (Å²) in [6.45, 7) is 5.71. The van der Waals surface area contributed by atoms with Crippen LogP contribution in [0.25, 0.3) is 10.9 Å². The molecule has 0 aliphatic carbocycles. The third-order valence-corrected chi connectivity index (χ3v) is 4.61. The lowest BCUT2D eigenvalue weighted by atomic mass is 10.1. The Kier molecular flexibility index (Phi) is 4.19. The molecule has 3 aromatic rings. The summed E-state index contributed by atoms with van der Waals surface area (Å²) < 4.78 is 5.09. The lowest BCUT2D eigenvalue weighted by Gasteiger charge is -2.34. The maximum Gasteiger partial charge on any atom is 0.292 e. The summed E-state index contributed by atoms with van der Waals surface area (Å²) in [5.74, 6) is 0.247. The van der Waals surface area contributed by atoms with Gasteiger partial charge in [0.05, 0.1) is 11.2 Å². The molecule has 2 aromatic heterocycles. The second-order valence-electron chi connectivity index (χ2n) is 6.39. The van der Waals surface area contributed by atoms with Gasteiger partial charge in [0.25, 0.3) is 5.91 Å². The molecule has 0 spiro atoms. The number of pyridine rings is 1. The first-order valence-electron chi connectivity index (χ1n) is 8.48. The minimum Gasteiger partial charge on any atom is -0.351 e. The molecule has 0 N–H and O–H groups in total. The molecule has 1 amide bonds. The molecule has 128 valence electrons. The molecule has 25 heavy (non-hydrogen) atoms. The zero-order chi connectivity index (χ0) is 17.2. The summed E-state index contributed by atoms with van der Waals surface area (Å²) in [5, 5.41) is 4.95. The van der Waals surface area contributed by atoms with E-state index in [4.69, 9.17) is 4.52 Å². The fourth-order valence-electron chi connectivity index (χ4n) is 3.27. The molecule has 0 saturated carbocycles. The van der Waals surface area contributed by atoms with Gasteiger partial charge in [-0.1, -0.05) is 29.4 Å². The van der Waals surface area contributed by atoms with E-state index in [-0.39, 0.29) is 5.91 Å². The Morgan fingerprint density at radius 1 is 1.16 bits per heavy atom. The first kappa shape index (κ1) is 15.8. The van der Waals surface area contributed by atoms with E-state index in [1.165, 1.54) is 5.56 Å². The first-order valence-corrected chi connectivity index (χ1v) is 8.48. The number of piperazine rings is 1. The maximum atomic E-state index is 12.4. The van der Waals surface area contributed by atoms with E-state index in [1.54, 1.807) is 6.07 Å². The number of carbonyl (C=O) groups excluding carboxylic acids is 1. The number of hydrogen-bond donors (Lipinski definition) is 0. The molecule has 1 fully saturated rings. The Hall–Kier alpha value is -2.73. The van der Waals surface area contributed by atoms with Crippen molar-refractivity contribution < 1.29 is 9.32 Å². The number of rotatable bonds is 3. The zero-order valence-corrected chi connectivity index (χ0v) is 14.2. The Morgan fingerprint density at radius 3 is 2.72 bits per heavy atom. The van der Waals surface area contributed by atoms with E-state index in [2.05, 4.69) is 39.3 Å². The molecule has 1 aromatic carbocycles. The van der Waals surface area contributed by atoms with E-state index in [0.717, 1.165) is 36.2 Å². The molecule has 4 rings (SSSR count). The number of hydrogen-bond acceptors (Lipinski definition) is 5. The molecule has 0 unspecified atom stereocenters. The van der Waals surface area contributed by atoms with Crippen molar-refractivity contribution in [2.24, 2.45) is 0 Å². The van der Waals surface area contributed by atoms with Crippen LogP contribution in [0.4, 0.5) is 0 Å². The average Bonchev–Trinajstić information content (AvgIpc) is 3.08. The third kappa shape index (κ3) is 3.25. The highest BCUT2D eigenvalue weighted by atomic mass is 16.5. The Morgan fingerprint density at radius 2 is 1.96 bits per heavy atom. The molecule has 6 heteroatoms. The molecule has 1 aliphatic rings. The number of para-hydroxylation sites is 1. The van der Waals surface area contributed by atoms with Crippen molar-refractivity contribution in [2.75, 3.05) is 26.2 Å². The normalized spacial score (nSPS) is 15.6. The zero-order valence-electron chi connectivity index (χ0n) is 14.2. The average molecular weight is 336 g/mol. The monoisotopic (exact) mass is 336 g/mol. The van der Waals surface area contributed by atoms with Crippen LogP contribution in [0.15, 0.2) is 47.1 Å². The van der Waals surface area contributed by atoms with Crippen molar-refractivity contribution in [2.45, 2.75) is 13.5 Å². The van der Waals surface area contributed by atoms with E-state index in [0.29, 0.717) is 18.8 Å². The number of amides is 1. The van der Waals surface area contributed by atoms with E-state index < -0.39 is 0 Å². The first-order chi connectivity index (χ1) is 12.2. The second kappa shape index (κ2) is 6.64. The largest absolute Gasteiger partial charge is 0.351 e. The lowest BCUT2D eigenvalue weighted by molar-refractivity contribution is 0.0589. The minimum atomic E-state index is -0.0768. The van der Waals surface area contributed by atoms with Gasteiger partial charge in [-0.2, -0.15) is 0 Å². The van der Waals surface area contributed by atoms with Crippen LogP contribution in [0, 0.1) is 6.92 Å². The quantitative estimate of drug-likeness (QED) is 0.735. The standard InChI is InChI=1S/C19H20N4O2/c1-14-12-17(25-21-14)19(24)23-10-8-22(9-11-23)13-16-5-2-4-15-6-3-7-20-18(15)16/h2-7,12H,8-11,13H2,1H3. The van der Waals surface area contributed by atoms with Gasteiger partial charge in [0.15, 0.2) is 0 Å². The minimum absolute atomic E-state index is 0.0768. The van der Waals surface area contributed by atoms with Crippen LogP contribution in [0.5, 0.6) is 0 Å². The predicted octanol–water partition coefficient (Wildman–Crippen LogP) is 2.49. The highest BCUT2D eigenvalue weighted by Gasteiger charge is 2.24. The number of carbonyl (C=O) groups is 1. The Labute approximate surface area is 146 Å². The van der Waals surface area contributed by atoms with Crippen LogP contribution in [-0.4, -0.2) is 52.0 Å². The smallest absolute Gasteiger partial charge is 0.292 e. The van der Waals surface area contributed by atoms with Crippen LogP contribution in [-0.2, 0) is 6.54 Å². The van der Waals surface area contributed by atoms with Crippen molar-refractivity contribution in [1.82, 2.24) is 19.9 Å². The molecule has 0 bridgehead atoms. The van der Waals surface area contributed by atoms with Crippen molar-refractivity contribution in [3.63, 3.8) is 0 Å². The number of nitrogens with zero attached hydrogens (tertiary/aromatic N) is 4. The highest BCUT2D eigenvalue weighted by molar-refractivity contribution is 5.91. The SMILES string of the molecule is Cc1cc(C(=O)N2CCN(Cc3cccc4cccnc34)CC2)on1. The van der Waals surface area contributed by atoms with Gasteiger partial charge in [-0.25, -0.2) is 0 Å². The molecule has 3 heterocycles. The number of fused-ring (bicyclic) bond motifs is 1. The number of benzene rings is 1. The summed E-state index contributed by atoms with van der Waals surface area (Å²) in [6.07, 6.45) is 1.84. The molecule has 0 atom stereocenters. The molecule has 6 nitrogen and oxygen atoms in total. The van der Waals surface area contributed by atoms with Gasteiger partial charge < -0.3 is 9.42 Å². The van der Waals surface area contributed by atoms with Gasteiger partial charge in [-0.15, -0.1) is 0 Å². The van der Waals surface area contributed by atoms with Crippen LogP contribution in [0.1, 0.15) is 21.8 Å². The third-order valence-electron chi connectivity index (χ3n) is 4.61. The fourth-order valence-corrected chi connectivity index (χ4v) is 3.27. The topological polar surface area (TPSA) is 62.5 Å². The van der Waals surface area contributed by atoms with Gasteiger partial charge in [0.1, 0.15) is 0 Å². The predicted molar refractivity (Wildman–Crippen MR) is 94.2 cm³/mol. The Bertz CT molecular complexity index is 892. The van der Waals surface area contributed by atoms with E-state index in [1.807, 2.05) is 24.1 Å². The van der Waals surface area contributed by atoms with Gasteiger partial charge in [0, 0.05) is 50.4 Å². The summed E-state index contributed by atoms with van der Waals surface area (Å²) in [5.41, 5.74) is 3.01. The number of aryl methyl sites for hydroxylation is 1. The molecule has 1 saturated heterocycles.